The van der Waals surface area contributed by atoms with E-state index in [-0.39, 0.29) is 5.60 Å². The summed E-state index contributed by atoms with van der Waals surface area (Å²) in [6.45, 7) is 3.12. The van der Waals surface area contributed by atoms with Crippen LogP contribution in [0.4, 0.5) is 5.82 Å². The van der Waals surface area contributed by atoms with Crippen LogP contribution in [0.2, 0.25) is 0 Å². The fraction of sp³-hybridized carbons (Fsp3) is 0.600. The van der Waals surface area contributed by atoms with E-state index in [1.54, 1.807) is 6.20 Å². The maximum atomic E-state index is 5.77. The van der Waals surface area contributed by atoms with Crippen molar-refractivity contribution in [3.05, 3.63) is 17.6 Å². The van der Waals surface area contributed by atoms with Crippen molar-refractivity contribution in [1.29, 1.82) is 0 Å². The molecule has 0 amide bonds. The molecular weight excluding hydrogens is 192 g/mol. The first-order valence-electron chi connectivity index (χ1n) is 5.11. The lowest BCUT2D eigenvalue weighted by Crippen LogP contribution is -2.24. The van der Waals surface area contributed by atoms with Crippen molar-refractivity contribution < 1.29 is 4.74 Å². The molecule has 1 fully saturated rings. The van der Waals surface area contributed by atoms with E-state index < -0.39 is 0 Å². The van der Waals surface area contributed by atoms with E-state index >= 15 is 0 Å². The Morgan fingerprint density at radius 1 is 1.60 bits per heavy atom. The summed E-state index contributed by atoms with van der Waals surface area (Å²) in [6.07, 6.45) is 3.66. The van der Waals surface area contributed by atoms with Crippen LogP contribution in [0.1, 0.15) is 31.2 Å². The van der Waals surface area contributed by atoms with Gasteiger partial charge in [0.15, 0.2) is 5.82 Å². The Balaban J connectivity index is 2.33. The monoisotopic (exact) mass is 208 g/mol. The van der Waals surface area contributed by atoms with Gasteiger partial charge in [-0.3, -0.25) is 0 Å². The van der Waals surface area contributed by atoms with E-state index in [4.69, 9.17) is 16.2 Å². The van der Waals surface area contributed by atoms with Gasteiger partial charge in [-0.15, -0.1) is 0 Å². The number of hydrogen-bond acceptors (Lipinski definition) is 5. The summed E-state index contributed by atoms with van der Waals surface area (Å²) < 4.78 is 5.64. The minimum absolute atomic E-state index is 0.365. The Morgan fingerprint density at radius 2 is 2.40 bits per heavy atom. The Hall–Kier alpha value is -1.20. The summed E-state index contributed by atoms with van der Waals surface area (Å²) in [5.74, 6) is 1.12. The molecule has 15 heavy (non-hydrogen) atoms. The standard InChI is InChI=1S/C10H16N4O/c1-10(3-2-4-15-10)9-13-6-7(5-11)8(12)14-9/h6H,2-5,11H2,1H3,(H2,12,13,14). The predicted octanol–water partition coefficient (Wildman–Crippen LogP) is 0.543. The normalized spacial score (nSPS) is 25.7. The van der Waals surface area contributed by atoms with Gasteiger partial charge in [0.05, 0.1) is 0 Å². The highest BCUT2D eigenvalue weighted by atomic mass is 16.5. The molecular formula is C10H16N4O. The fourth-order valence-electron chi connectivity index (χ4n) is 1.79. The van der Waals surface area contributed by atoms with Gasteiger partial charge in [-0.1, -0.05) is 0 Å². The van der Waals surface area contributed by atoms with E-state index in [9.17, 15) is 0 Å². The van der Waals surface area contributed by atoms with Gasteiger partial charge in [0.1, 0.15) is 11.4 Å². The van der Waals surface area contributed by atoms with Crippen molar-refractivity contribution in [3.63, 3.8) is 0 Å². The highest BCUT2D eigenvalue weighted by Gasteiger charge is 2.34. The number of anilines is 1. The molecule has 0 bridgehead atoms. The maximum Gasteiger partial charge on any atom is 0.162 e. The molecule has 2 rings (SSSR count). The summed E-state index contributed by atoms with van der Waals surface area (Å²) in [5.41, 5.74) is 11.7. The Bertz CT molecular complexity index is 360. The predicted molar refractivity (Wildman–Crippen MR) is 56.9 cm³/mol. The van der Waals surface area contributed by atoms with Crippen LogP contribution >= 0.6 is 0 Å². The largest absolute Gasteiger partial charge is 0.383 e. The Morgan fingerprint density at radius 3 is 2.93 bits per heavy atom. The lowest BCUT2D eigenvalue weighted by Gasteiger charge is -2.21. The van der Waals surface area contributed by atoms with Crippen LogP contribution in [0, 0.1) is 0 Å². The van der Waals surface area contributed by atoms with E-state index in [1.807, 2.05) is 6.92 Å². The van der Waals surface area contributed by atoms with Crippen LogP contribution in [0.15, 0.2) is 6.20 Å². The van der Waals surface area contributed by atoms with E-state index in [1.165, 1.54) is 0 Å². The third-order valence-electron chi connectivity index (χ3n) is 2.81. The molecule has 2 heterocycles. The minimum Gasteiger partial charge on any atom is -0.383 e. The molecule has 1 unspecified atom stereocenters. The number of hydrogen-bond donors (Lipinski definition) is 2. The van der Waals surface area contributed by atoms with Gasteiger partial charge in [0.2, 0.25) is 0 Å². The highest BCUT2D eigenvalue weighted by Crippen LogP contribution is 2.33. The second-order valence-corrected chi connectivity index (χ2v) is 3.99. The summed E-state index contributed by atoms with van der Waals surface area (Å²) in [4.78, 5) is 8.53. The first-order chi connectivity index (χ1) is 7.15. The van der Waals surface area contributed by atoms with E-state index in [0.717, 1.165) is 25.0 Å². The van der Waals surface area contributed by atoms with Crippen LogP contribution in [0.3, 0.4) is 0 Å². The van der Waals surface area contributed by atoms with E-state index in [2.05, 4.69) is 9.97 Å². The number of nitrogen functional groups attached to an aromatic ring is 1. The molecule has 5 nitrogen and oxygen atoms in total. The van der Waals surface area contributed by atoms with Gasteiger partial charge in [-0.2, -0.15) is 0 Å². The van der Waals surface area contributed by atoms with Crippen LogP contribution in [-0.2, 0) is 16.9 Å². The second kappa shape index (κ2) is 3.75. The molecule has 0 aliphatic carbocycles. The van der Waals surface area contributed by atoms with Crippen molar-refractivity contribution in [1.82, 2.24) is 9.97 Å². The lowest BCUT2D eigenvalue weighted by atomic mass is 10.0. The zero-order chi connectivity index (χ0) is 10.9. The summed E-state index contributed by atoms with van der Waals surface area (Å²) >= 11 is 0. The van der Waals surface area contributed by atoms with Gasteiger partial charge >= 0.3 is 0 Å². The van der Waals surface area contributed by atoms with E-state index in [0.29, 0.717) is 18.2 Å². The topological polar surface area (TPSA) is 87.0 Å². The molecule has 1 aromatic rings. The number of rotatable bonds is 2. The molecule has 82 valence electrons. The van der Waals surface area contributed by atoms with Crippen LogP contribution in [-0.4, -0.2) is 16.6 Å². The van der Waals surface area contributed by atoms with Gasteiger partial charge in [0, 0.05) is 24.9 Å². The zero-order valence-corrected chi connectivity index (χ0v) is 8.86. The molecule has 0 aromatic carbocycles. The van der Waals surface area contributed by atoms with Crippen molar-refractivity contribution in [2.75, 3.05) is 12.3 Å². The number of ether oxygens (including phenoxy) is 1. The molecule has 0 saturated carbocycles. The molecule has 1 atom stereocenters. The van der Waals surface area contributed by atoms with Crippen molar-refractivity contribution >= 4 is 5.82 Å². The third kappa shape index (κ3) is 1.80. The van der Waals surface area contributed by atoms with Gasteiger partial charge in [-0.25, -0.2) is 9.97 Å². The smallest absolute Gasteiger partial charge is 0.162 e. The zero-order valence-electron chi connectivity index (χ0n) is 8.86. The molecule has 1 aromatic heterocycles. The second-order valence-electron chi connectivity index (χ2n) is 3.99. The Labute approximate surface area is 88.8 Å². The maximum absolute atomic E-state index is 5.77. The van der Waals surface area contributed by atoms with Crippen LogP contribution in [0.5, 0.6) is 0 Å². The van der Waals surface area contributed by atoms with Gasteiger partial charge < -0.3 is 16.2 Å². The highest BCUT2D eigenvalue weighted by molar-refractivity contribution is 5.37. The summed E-state index contributed by atoms with van der Waals surface area (Å²) in [7, 11) is 0. The first-order valence-corrected chi connectivity index (χ1v) is 5.11. The molecule has 0 spiro atoms. The number of aromatic nitrogens is 2. The fourth-order valence-corrected chi connectivity index (χ4v) is 1.79. The quantitative estimate of drug-likeness (QED) is 0.740. The van der Waals surface area contributed by atoms with Gasteiger partial charge in [-0.05, 0) is 19.8 Å². The molecule has 1 aliphatic rings. The molecule has 5 heteroatoms. The SMILES string of the molecule is CC1(c2ncc(CN)c(N)n2)CCCO1. The number of nitrogens with zero attached hydrogens (tertiary/aromatic N) is 2. The third-order valence-corrected chi connectivity index (χ3v) is 2.81. The van der Waals surface area contributed by atoms with Crippen molar-refractivity contribution in [2.45, 2.75) is 31.9 Å². The average molecular weight is 208 g/mol. The van der Waals surface area contributed by atoms with Crippen LogP contribution in [0.25, 0.3) is 0 Å². The molecule has 0 radical (unpaired) electrons. The minimum atomic E-state index is -0.374. The summed E-state index contributed by atoms with van der Waals surface area (Å²) in [6, 6.07) is 0. The number of nitrogens with two attached hydrogens (primary N) is 2. The van der Waals surface area contributed by atoms with Gasteiger partial charge in [0.25, 0.3) is 0 Å². The molecule has 4 N–H and O–H groups in total. The summed E-state index contributed by atoms with van der Waals surface area (Å²) in [5, 5.41) is 0. The average Bonchev–Trinajstić information content (AvgIpc) is 2.66. The first kappa shape index (κ1) is 10.3. The van der Waals surface area contributed by atoms with Crippen molar-refractivity contribution in [3.8, 4) is 0 Å². The molecule has 1 saturated heterocycles. The van der Waals surface area contributed by atoms with Crippen LogP contribution < -0.4 is 11.5 Å². The molecule has 1 aliphatic heterocycles. The lowest BCUT2D eigenvalue weighted by molar-refractivity contribution is 0.00941. The Kier molecular flexibility index (Phi) is 2.58. The van der Waals surface area contributed by atoms with Crippen molar-refractivity contribution in [2.24, 2.45) is 5.73 Å².